The van der Waals surface area contributed by atoms with Gasteiger partial charge in [-0.3, -0.25) is 9.89 Å². The first kappa shape index (κ1) is 22.3. The molecule has 0 aromatic heterocycles. The summed E-state index contributed by atoms with van der Waals surface area (Å²) >= 11 is 0. The number of aliphatic imine (C=N–C) groups is 1. The van der Waals surface area contributed by atoms with Gasteiger partial charge in [-0.1, -0.05) is 13.8 Å². The van der Waals surface area contributed by atoms with Crippen molar-refractivity contribution in [3.05, 3.63) is 18.2 Å². The van der Waals surface area contributed by atoms with E-state index in [9.17, 15) is 0 Å². The highest BCUT2D eigenvalue weighted by atomic mass is 16.5. The molecule has 1 aliphatic rings. The van der Waals surface area contributed by atoms with Crippen LogP contribution in [0.3, 0.4) is 0 Å². The van der Waals surface area contributed by atoms with Gasteiger partial charge in [-0.2, -0.15) is 0 Å². The Morgan fingerprint density at radius 3 is 2.57 bits per heavy atom. The third kappa shape index (κ3) is 7.20. The van der Waals surface area contributed by atoms with Crippen LogP contribution in [0.25, 0.3) is 0 Å². The molecule has 0 amide bonds. The van der Waals surface area contributed by atoms with Crippen LogP contribution in [0.2, 0.25) is 0 Å². The molecule has 7 nitrogen and oxygen atoms in total. The molecule has 0 saturated carbocycles. The van der Waals surface area contributed by atoms with Gasteiger partial charge in [0.05, 0.1) is 38.7 Å². The van der Waals surface area contributed by atoms with Crippen molar-refractivity contribution in [2.24, 2.45) is 16.6 Å². The lowest BCUT2D eigenvalue weighted by Crippen LogP contribution is -2.46. The van der Waals surface area contributed by atoms with Crippen LogP contribution in [0.5, 0.6) is 11.5 Å². The number of benzene rings is 1. The largest absolute Gasteiger partial charge is 0.494 e. The van der Waals surface area contributed by atoms with E-state index in [-0.39, 0.29) is 0 Å². The van der Waals surface area contributed by atoms with Crippen molar-refractivity contribution in [2.45, 2.75) is 40.2 Å². The molecular formula is C21H36N4O3. The normalized spacial score (nSPS) is 16.8. The zero-order chi connectivity index (χ0) is 20.4. The van der Waals surface area contributed by atoms with Gasteiger partial charge in [0.2, 0.25) is 0 Å². The van der Waals surface area contributed by atoms with E-state index in [1.165, 1.54) is 0 Å². The summed E-state index contributed by atoms with van der Waals surface area (Å²) in [5, 5.41) is 3.19. The molecular weight excluding hydrogens is 356 g/mol. The molecule has 28 heavy (non-hydrogen) atoms. The zero-order valence-electron chi connectivity index (χ0n) is 17.7. The molecule has 0 spiro atoms. The summed E-state index contributed by atoms with van der Waals surface area (Å²) in [4.78, 5) is 7.09. The highest BCUT2D eigenvalue weighted by molar-refractivity contribution is 5.94. The van der Waals surface area contributed by atoms with Crippen LogP contribution < -0.4 is 20.5 Å². The third-order valence-electron chi connectivity index (χ3n) is 4.60. The number of anilines is 1. The lowest BCUT2D eigenvalue weighted by molar-refractivity contribution is 0.0143. The molecule has 0 radical (unpaired) electrons. The van der Waals surface area contributed by atoms with E-state index in [1.807, 2.05) is 32.0 Å². The molecule has 1 aromatic carbocycles. The van der Waals surface area contributed by atoms with Crippen molar-refractivity contribution in [2.75, 3.05) is 51.4 Å². The Kier molecular flexibility index (Phi) is 9.37. The van der Waals surface area contributed by atoms with Crippen LogP contribution in [-0.4, -0.2) is 63.0 Å². The van der Waals surface area contributed by atoms with E-state index < -0.39 is 0 Å². The Balaban J connectivity index is 2.07. The van der Waals surface area contributed by atoms with Crippen LogP contribution in [0.1, 0.15) is 34.1 Å². The van der Waals surface area contributed by atoms with E-state index >= 15 is 0 Å². The first-order chi connectivity index (χ1) is 13.5. The predicted octanol–water partition coefficient (Wildman–Crippen LogP) is 2.96. The lowest BCUT2D eigenvalue weighted by atomic mass is 10.0. The minimum Gasteiger partial charge on any atom is -0.494 e. The fourth-order valence-electron chi connectivity index (χ4n) is 3.35. The second kappa shape index (κ2) is 11.8. The summed E-state index contributed by atoms with van der Waals surface area (Å²) in [6.45, 7) is 13.7. The molecule has 1 heterocycles. The fourth-order valence-corrected chi connectivity index (χ4v) is 3.35. The molecule has 1 aliphatic heterocycles. The van der Waals surface area contributed by atoms with E-state index in [2.05, 4.69) is 29.1 Å². The maximum atomic E-state index is 6.20. The van der Waals surface area contributed by atoms with Gasteiger partial charge in [0.25, 0.3) is 0 Å². The number of rotatable bonds is 10. The van der Waals surface area contributed by atoms with Gasteiger partial charge in [0, 0.05) is 25.2 Å². The highest BCUT2D eigenvalue weighted by Gasteiger charge is 2.21. The minimum atomic E-state index is 0.366. The van der Waals surface area contributed by atoms with Gasteiger partial charge in [0.15, 0.2) is 5.96 Å². The summed E-state index contributed by atoms with van der Waals surface area (Å²) in [6, 6.07) is 6.04. The number of nitrogens with one attached hydrogen (secondary N) is 1. The molecule has 2 rings (SSSR count). The quantitative estimate of drug-likeness (QED) is 0.471. The SMILES string of the molecule is CCOc1ccc(OCC)c(NC(N)=NCC(CC(C)C)N2CCOCC2)c1. The van der Waals surface area contributed by atoms with E-state index in [0.717, 1.165) is 49.9 Å². The molecule has 1 atom stereocenters. The van der Waals surface area contributed by atoms with Crippen LogP contribution in [0, 0.1) is 5.92 Å². The summed E-state index contributed by atoms with van der Waals surface area (Å²) in [7, 11) is 0. The Labute approximate surface area is 169 Å². The average molecular weight is 393 g/mol. The van der Waals surface area contributed by atoms with E-state index in [1.54, 1.807) is 0 Å². The molecule has 1 fully saturated rings. The van der Waals surface area contributed by atoms with Crippen molar-refractivity contribution < 1.29 is 14.2 Å². The Bertz CT molecular complexity index is 616. The van der Waals surface area contributed by atoms with Gasteiger partial charge < -0.3 is 25.3 Å². The van der Waals surface area contributed by atoms with Gasteiger partial charge in [0.1, 0.15) is 11.5 Å². The summed E-state index contributed by atoms with van der Waals surface area (Å²) in [6.07, 6.45) is 1.08. The molecule has 1 saturated heterocycles. The maximum Gasteiger partial charge on any atom is 0.193 e. The van der Waals surface area contributed by atoms with Crippen molar-refractivity contribution in [1.82, 2.24) is 4.90 Å². The molecule has 0 aliphatic carbocycles. The standard InChI is InChI=1S/C21H36N4O3/c1-5-27-18-7-8-20(28-6-2)19(14-18)24-21(22)23-15-17(13-16(3)4)25-9-11-26-12-10-25/h7-8,14,16-17H,5-6,9-13,15H2,1-4H3,(H3,22,23,24). The zero-order valence-corrected chi connectivity index (χ0v) is 17.7. The summed E-state index contributed by atoms with van der Waals surface area (Å²) < 4.78 is 16.8. The predicted molar refractivity (Wildman–Crippen MR) is 115 cm³/mol. The van der Waals surface area contributed by atoms with Gasteiger partial charge in [-0.05, 0) is 38.3 Å². The Morgan fingerprint density at radius 1 is 1.21 bits per heavy atom. The smallest absolute Gasteiger partial charge is 0.193 e. The van der Waals surface area contributed by atoms with Crippen molar-refractivity contribution in [1.29, 1.82) is 0 Å². The number of nitrogens with two attached hydrogens (primary N) is 1. The number of hydrogen-bond acceptors (Lipinski definition) is 5. The number of nitrogens with zero attached hydrogens (tertiary/aromatic N) is 2. The van der Waals surface area contributed by atoms with Crippen molar-refractivity contribution >= 4 is 11.6 Å². The second-order valence-corrected chi connectivity index (χ2v) is 7.31. The third-order valence-corrected chi connectivity index (χ3v) is 4.60. The molecule has 1 aromatic rings. The van der Waals surface area contributed by atoms with Crippen LogP contribution in [0.4, 0.5) is 5.69 Å². The summed E-state index contributed by atoms with van der Waals surface area (Å²) in [5.74, 6) is 2.49. The molecule has 7 heteroatoms. The Hall–Kier alpha value is -1.99. The fraction of sp³-hybridized carbons (Fsp3) is 0.667. The topological polar surface area (TPSA) is 81.3 Å². The monoisotopic (exact) mass is 392 g/mol. The lowest BCUT2D eigenvalue weighted by Gasteiger charge is -2.34. The van der Waals surface area contributed by atoms with Gasteiger partial charge >= 0.3 is 0 Å². The van der Waals surface area contributed by atoms with Gasteiger partial charge in [-0.25, -0.2) is 0 Å². The maximum absolute atomic E-state index is 6.20. The second-order valence-electron chi connectivity index (χ2n) is 7.31. The first-order valence-electron chi connectivity index (χ1n) is 10.3. The molecule has 158 valence electrons. The highest BCUT2D eigenvalue weighted by Crippen LogP contribution is 2.29. The first-order valence-corrected chi connectivity index (χ1v) is 10.3. The van der Waals surface area contributed by atoms with Crippen LogP contribution >= 0.6 is 0 Å². The van der Waals surface area contributed by atoms with Crippen molar-refractivity contribution in [3.8, 4) is 11.5 Å². The molecule has 1 unspecified atom stereocenters. The van der Waals surface area contributed by atoms with E-state index in [0.29, 0.717) is 37.7 Å². The average Bonchev–Trinajstić information content (AvgIpc) is 2.68. The summed E-state index contributed by atoms with van der Waals surface area (Å²) in [5.41, 5.74) is 6.97. The van der Waals surface area contributed by atoms with Gasteiger partial charge in [-0.15, -0.1) is 0 Å². The minimum absolute atomic E-state index is 0.366. The number of guanidine groups is 1. The van der Waals surface area contributed by atoms with Crippen molar-refractivity contribution in [3.63, 3.8) is 0 Å². The number of ether oxygens (including phenoxy) is 3. The molecule has 3 N–H and O–H groups in total. The number of hydrogen-bond donors (Lipinski definition) is 2. The molecule has 0 bridgehead atoms. The van der Waals surface area contributed by atoms with E-state index in [4.69, 9.17) is 19.9 Å². The van der Waals surface area contributed by atoms with Crippen LogP contribution in [0.15, 0.2) is 23.2 Å². The Morgan fingerprint density at radius 2 is 1.93 bits per heavy atom. The van der Waals surface area contributed by atoms with Crippen LogP contribution in [-0.2, 0) is 4.74 Å². The number of morpholine rings is 1.